The Hall–Kier alpha value is -2.31. The number of hydrogen-bond donors (Lipinski definition) is 2. The van der Waals surface area contributed by atoms with Gasteiger partial charge in [0.1, 0.15) is 12.0 Å². The number of nitrogens with zero attached hydrogens (tertiary/aromatic N) is 4. The number of aromatic nitrogens is 1. The fourth-order valence-electron chi connectivity index (χ4n) is 6.42. The molecule has 2 N–H and O–H groups in total. The van der Waals surface area contributed by atoms with Crippen LogP contribution in [0.1, 0.15) is 49.4 Å². The van der Waals surface area contributed by atoms with Gasteiger partial charge in [0.15, 0.2) is 0 Å². The van der Waals surface area contributed by atoms with E-state index in [1.165, 1.54) is 54.9 Å². The molecule has 5 aliphatic rings. The zero-order valence-corrected chi connectivity index (χ0v) is 18.7. The summed E-state index contributed by atoms with van der Waals surface area (Å²) in [4.78, 5) is 12.5. The van der Waals surface area contributed by atoms with Crippen LogP contribution in [0.5, 0.6) is 0 Å². The van der Waals surface area contributed by atoms with Crippen molar-refractivity contribution in [2.45, 2.75) is 69.4 Å². The molecule has 5 atom stereocenters. The monoisotopic (exact) mass is 418 g/mol. The van der Waals surface area contributed by atoms with Crippen molar-refractivity contribution < 1.29 is 0 Å². The molecule has 1 aromatic rings. The molecule has 5 unspecified atom stereocenters. The Morgan fingerprint density at radius 2 is 1.87 bits per heavy atom. The van der Waals surface area contributed by atoms with Crippen molar-refractivity contribution in [2.24, 2.45) is 0 Å². The van der Waals surface area contributed by atoms with Crippen LogP contribution in [0.25, 0.3) is 0 Å². The normalized spacial score (nSPS) is 35.0. The van der Waals surface area contributed by atoms with Crippen molar-refractivity contribution in [3.63, 3.8) is 0 Å². The maximum Gasteiger partial charge on any atom is 0.124 e. The molecule has 5 aliphatic heterocycles. The molecule has 0 radical (unpaired) electrons. The Kier molecular flexibility index (Phi) is 4.80. The summed E-state index contributed by atoms with van der Waals surface area (Å²) in [5.74, 6) is 1.37. The highest BCUT2D eigenvalue weighted by Gasteiger charge is 2.42. The summed E-state index contributed by atoms with van der Waals surface area (Å²) < 4.78 is 0. The van der Waals surface area contributed by atoms with Gasteiger partial charge in [0.25, 0.3) is 0 Å². The molecule has 0 spiro atoms. The van der Waals surface area contributed by atoms with Crippen LogP contribution in [0.2, 0.25) is 0 Å². The number of aryl methyl sites for hydroxylation is 1. The SMILES string of the molecule is Cc1cccnc1C1CCCC(C2=CN3C(N4C5CCC4CNC5)=CC=CC3N2)N1C. The third-order valence-corrected chi connectivity index (χ3v) is 8.00. The molecule has 31 heavy (non-hydrogen) atoms. The first-order valence-electron chi connectivity index (χ1n) is 12.0. The Bertz CT molecular complexity index is 920. The lowest BCUT2D eigenvalue weighted by molar-refractivity contribution is 0.128. The maximum atomic E-state index is 4.76. The van der Waals surface area contributed by atoms with E-state index in [1.807, 2.05) is 12.3 Å². The minimum Gasteiger partial charge on any atom is -0.363 e. The molecule has 2 bridgehead atoms. The molecule has 1 aromatic heterocycles. The van der Waals surface area contributed by atoms with Crippen LogP contribution in [0.15, 0.2) is 54.3 Å². The fourth-order valence-corrected chi connectivity index (χ4v) is 6.42. The first kappa shape index (κ1) is 19.4. The van der Waals surface area contributed by atoms with Crippen LogP contribution < -0.4 is 10.6 Å². The highest BCUT2D eigenvalue weighted by atomic mass is 15.4. The molecule has 0 saturated carbocycles. The van der Waals surface area contributed by atoms with Crippen LogP contribution in [0.4, 0.5) is 0 Å². The molecule has 0 amide bonds. The third-order valence-electron chi connectivity index (χ3n) is 8.00. The molecular formula is C25H34N6. The van der Waals surface area contributed by atoms with Crippen LogP contribution in [0.3, 0.4) is 0 Å². The number of hydrogen-bond acceptors (Lipinski definition) is 6. The lowest BCUT2D eigenvalue weighted by Crippen LogP contribution is -2.54. The highest BCUT2D eigenvalue weighted by molar-refractivity contribution is 5.32. The first-order chi connectivity index (χ1) is 15.2. The predicted molar refractivity (Wildman–Crippen MR) is 123 cm³/mol. The van der Waals surface area contributed by atoms with Gasteiger partial charge >= 0.3 is 0 Å². The van der Waals surface area contributed by atoms with Crippen LogP contribution in [-0.4, -0.2) is 64.1 Å². The average Bonchev–Trinajstić information content (AvgIpc) is 3.32. The summed E-state index contributed by atoms with van der Waals surface area (Å²) in [6.45, 7) is 4.41. The lowest BCUT2D eigenvalue weighted by Gasteiger charge is -2.43. The van der Waals surface area contributed by atoms with Gasteiger partial charge in [-0.3, -0.25) is 9.88 Å². The number of piperidine rings is 1. The third kappa shape index (κ3) is 3.19. The zero-order valence-electron chi connectivity index (χ0n) is 18.7. The molecule has 6 heteroatoms. The number of pyridine rings is 1. The molecule has 6 nitrogen and oxygen atoms in total. The minimum atomic E-state index is 0.231. The van der Waals surface area contributed by atoms with Crippen molar-refractivity contribution >= 4 is 0 Å². The fraction of sp³-hybridized carbons (Fsp3) is 0.560. The average molecular weight is 419 g/mol. The molecule has 164 valence electrons. The molecule has 6 heterocycles. The summed E-state index contributed by atoms with van der Waals surface area (Å²) in [5.41, 5.74) is 3.89. The number of allylic oxidation sites excluding steroid dienone is 2. The van der Waals surface area contributed by atoms with Gasteiger partial charge in [0, 0.05) is 43.3 Å². The number of rotatable bonds is 3. The van der Waals surface area contributed by atoms with E-state index in [0.717, 1.165) is 13.1 Å². The van der Waals surface area contributed by atoms with Crippen molar-refractivity contribution in [1.29, 1.82) is 0 Å². The van der Waals surface area contributed by atoms with Gasteiger partial charge in [-0.25, -0.2) is 0 Å². The second-order valence-corrected chi connectivity index (χ2v) is 9.77. The minimum absolute atomic E-state index is 0.231. The second-order valence-electron chi connectivity index (χ2n) is 9.77. The van der Waals surface area contributed by atoms with Crippen molar-refractivity contribution in [1.82, 2.24) is 30.3 Å². The number of nitrogens with one attached hydrogen (secondary N) is 2. The Morgan fingerprint density at radius 1 is 1.06 bits per heavy atom. The number of likely N-dealkylation sites (tertiary alicyclic amines) is 1. The summed E-state index contributed by atoms with van der Waals surface area (Å²) in [5, 5.41) is 7.47. The topological polar surface area (TPSA) is 46.7 Å². The molecule has 3 fully saturated rings. The second kappa shape index (κ2) is 7.68. The Labute approximate surface area is 185 Å². The Balaban J connectivity index is 1.26. The molecular weight excluding hydrogens is 384 g/mol. The summed E-state index contributed by atoms with van der Waals surface area (Å²) in [7, 11) is 2.28. The van der Waals surface area contributed by atoms with E-state index in [9.17, 15) is 0 Å². The smallest absolute Gasteiger partial charge is 0.124 e. The van der Waals surface area contributed by atoms with Crippen LogP contribution >= 0.6 is 0 Å². The summed E-state index contributed by atoms with van der Waals surface area (Å²) in [6.07, 6.45) is 17.6. The van der Waals surface area contributed by atoms with E-state index in [1.54, 1.807) is 0 Å². The molecule has 0 aliphatic carbocycles. The first-order valence-corrected chi connectivity index (χ1v) is 12.0. The van der Waals surface area contributed by atoms with E-state index in [-0.39, 0.29) is 6.17 Å². The van der Waals surface area contributed by atoms with Gasteiger partial charge in [-0.05, 0) is 69.9 Å². The zero-order chi connectivity index (χ0) is 20.9. The van der Waals surface area contributed by atoms with E-state index in [2.05, 4.69) is 69.8 Å². The van der Waals surface area contributed by atoms with Crippen molar-refractivity contribution in [3.05, 3.63) is 65.5 Å². The molecule has 0 aromatic carbocycles. The molecule has 3 saturated heterocycles. The Morgan fingerprint density at radius 3 is 2.68 bits per heavy atom. The molecule has 6 rings (SSSR count). The highest BCUT2D eigenvalue weighted by Crippen LogP contribution is 2.39. The van der Waals surface area contributed by atoms with Gasteiger partial charge < -0.3 is 20.4 Å². The van der Waals surface area contributed by atoms with Gasteiger partial charge in [-0.2, -0.15) is 0 Å². The lowest BCUT2D eigenvalue weighted by atomic mass is 9.91. The standard InChI is InChI=1S/C25H34N6/c1-17-6-5-13-27-25(17)22-8-3-7-21(29(22)2)20-16-30-23(28-20)9-4-10-24(30)31-18-11-12-19(31)15-26-14-18/h4-6,9-10,13,16,18-19,21-23,26,28H,3,7-8,11-12,14-15H2,1-2H3. The van der Waals surface area contributed by atoms with Gasteiger partial charge in [-0.15, -0.1) is 0 Å². The maximum absolute atomic E-state index is 4.76. The van der Waals surface area contributed by atoms with E-state index in [4.69, 9.17) is 4.98 Å². The van der Waals surface area contributed by atoms with E-state index >= 15 is 0 Å². The van der Waals surface area contributed by atoms with Crippen molar-refractivity contribution in [2.75, 3.05) is 20.1 Å². The number of likely N-dealkylation sites (N-methyl/N-ethyl adjacent to an activating group) is 1. The summed E-state index contributed by atoms with van der Waals surface area (Å²) >= 11 is 0. The van der Waals surface area contributed by atoms with Gasteiger partial charge in [-0.1, -0.05) is 12.1 Å². The quantitative estimate of drug-likeness (QED) is 0.787. The van der Waals surface area contributed by atoms with Crippen LogP contribution in [-0.2, 0) is 0 Å². The van der Waals surface area contributed by atoms with E-state index in [0.29, 0.717) is 24.2 Å². The van der Waals surface area contributed by atoms with Gasteiger partial charge in [0.2, 0.25) is 0 Å². The summed E-state index contributed by atoms with van der Waals surface area (Å²) in [6, 6.07) is 6.28. The van der Waals surface area contributed by atoms with Gasteiger partial charge in [0.05, 0.1) is 17.8 Å². The predicted octanol–water partition coefficient (Wildman–Crippen LogP) is 2.84. The number of piperazine rings is 1. The van der Waals surface area contributed by atoms with Crippen LogP contribution in [0, 0.1) is 6.92 Å². The van der Waals surface area contributed by atoms with Crippen molar-refractivity contribution in [3.8, 4) is 0 Å². The number of fused-ring (bicyclic) bond motifs is 3. The largest absolute Gasteiger partial charge is 0.363 e. The van der Waals surface area contributed by atoms with E-state index < -0.39 is 0 Å².